The lowest BCUT2D eigenvalue weighted by Gasteiger charge is -2.35. The number of halogens is 1. The standard InChI is InChI=1S/C26H26FN5O3S/c1-31-21-12-22(26(33)34)36-25(21)30-23(31)14-32-9-7-17(8-10-32)20-3-2-4-24(29-20)35-15-18-6-5-16(13-28)11-19(18)27/h2-6,11-12,17,23,30H,7-10,14-15H2,1H3,(H,33,34). The number of nitrogens with zero attached hydrogens (tertiary/aromatic N) is 4. The molecule has 3 aromatic rings. The average Bonchev–Trinajstić information content (AvgIpc) is 3.43. The number of nitrogens with one attached hydrogen (secondary N) is 1. The molecule has 10 heteroatoms. The molecule has 2 aliphatic heterocycles. The number of hydrogen-bond donors (Lipinski definition) is 2. The van der Waals surface area contributed by atoms with Crippen LogP contribution in [0.1, 0.15) is 45.3 Å². The predicted octanol–water partition coefficient (Wildman–Crippen LogP) is 4.50. The second-order valence-corrected chi connectivity index (χ2v) is 10.1. The highest BCUT2D eigenvalue weighted by atomic mass is 32.1. The van der Waals surface area contributed by atoms with E-state index in [2.05, 4.69) is 20.1 Å². The number of thiophene rings is 1. The van der Waals surface area contributed by atoms with Gasteiger partial charge in [-0.05, 0) is 50.2 Å². The zero-order chi connectivity index (χ0) is 25.2. The number of ether oxygens (including phenoxy) is 1. The average molecular weight is 508 g/mol. The number of anilines is 2. The molecule has 2 aromatic heterocycles. The van der Waals surface area contributed by atoms with Crippen molar-refractivity contribution in [3.8, 4) is 11.9 Å². The molecule has 0 saturated carbocycles. The van der Waals surface area contributed by atoms with Crippen molar-refractivity contribution in [1.29, 1.82) is 5.26 Å². The van der Waals surface area contributed by atoms with Crippen LogP contribution in [0.3, 0.4) is 0 Å². The first-order valence-corrected chi connectivity index (χ1v) is 12.6. The molecule has 1 atom stereocenters. The Hall–Kier alpha value is -3.68. The minimum absolute atomic E-state index is 0.0494. The van der Waals surface area contributed by atoms with Crippen LogP contribution in [0, 0.1) is 17.1 Å². The van der Waals surface area contributed by atoms with Crippen LogP contribution in [0.4, 0.5) is 15.1 Å². The lowest BCUT2D eigenvalue weighted by molar-refractivity contribution is 0.0702. The maximum absolute atomic E-state index is 14.1. The van der Waals surface area contributed by atoms with Gasteiger partial charge in [-0.3, -0.25) is 4.90 Å². The normalized spacial score (nSPS) is 17.9. The van der Waals surface area contributed by atoms with E-state index in [4.69, 9.17) is 10.00 Å². The van der Waals surface area contributed by atoms with Crippen molar-refractivity contribution in [3.05, 3.63) is 70.0 Å². The Morgan fingerprint density at radius 2 is 2.11 bits per heavy atom. The highest BCUT2D eigenvalue weighted by Gasteiger charge is 2.32. The fourth-order valence-electron chi connectivity index (χ4n) is 4.72. The molecule has 2 aliphatic rings. The number of benzene rings is 1. The molecule has 1 fully saturated rings. The maximum Gasteiger partial charge on any atom is 0.346 e. The van der Waals surface area contributed by atoms with Gasteiger partial charge in [0.15, 0.2) is 0 Å². The van der Waals surface area contributed by atoms with Crippen molar-refractivity contribution in [3.63, 3.8) is 0 Å². The van der Waals surface area contributed by atoms with Crippen molar-refractivity contribution >= 4 is 28.0 Å². The molecular formula is C26H26FN5O3S. The number of aromatic nitrogens is 1. The van der Waals surface area contributed by atoms with Gasteiger partial charge in [-0.2, -0.15) is 5.26 Å². The van der Waals surface area contributed by atoms with Crippen LogP contribution < -0.4 is 15.0 Å². The van der Waals surface area contributed by atoms with Gasteiger partial charge < -0.3 is 20.1 Å². The van der Waals surface area contributed by atoms with Gasteiger partial charge >= 0.3 is 5.97 Å². The highest BCUT2D eigenvalue weighted by molar-refractivity contribution is 7.18. The van der Waals surface area contributed by atoms with Crippen LogP contribution in [-0.4, -0.2) is 53.8 Å². The second-order valence-electron chi connectivity index (χ2n) is 9.08. The molecule has 4 heterocycles. The van der Waals surface area contributed by atoms with Crippen molar-refractivity contribution < 1.29 is 19.0 Å². The minimum Gasteiger partial charge on any atom is -0.477 e. The molecule has 0 radical (unpaired) electrons. The number of carboxylic acids is 1. The summed E-state index contributed by atoms with van der Waals surface area (Å²) in [6.07, 6.45) is 2.06. The summed E-state index contributed by atoms with van der Waals surface area (Å²) in [7, 11) is 1.99. The number of carbonyl (C=O) groups is 1. The second kappa shape index (κ2) is 10.1. The van der Waals surface area contributed by atoms with Crippen molar-refractivity contribution in [2.24, 2.45) is 0 Å². The van der Waals surface area contributed by atoms with Crippen LogP contribution >= 0.6 is 11.3 Å². The fraction of sp³-hybridized carbons (Fsp3) is 0.346. The summed E-state index contributed by atoms with van der Waals surface area (Å²) in [5.74, 6) is -0.571. The first kappa shape index (κ1) is 24.0. The number of hydrogen-bond acceptors (Lipinski definition) is 8. The number of aromatic carboxylic acids is 1. The summed E-state index contributed by atoms with van der Waals surface area (Å²) in [5, 5.41) is 22.5. The number of nitriles is 1. The van der Waals surface area contributed by atoms with Gasteiger partial charge in [-0.25, -0.2) is 14.2 Å². The molecule has 0 aliphatic carbocycles. The summed E-state index contributed by atoms with van der Waals surface area (Å²) in [6, 6.07) is 13.7. The Morgan fingerprint density at radius 3 is 2.81 bits per heavy atom. The Labute approximate surface area is 212 Å². The van der Waals surface area contributed by atoms with Gasteiger partial charge in [0.05, 0.1) is 17.3 Å². The zero-order valence-corrected chi connectivity index (χ0v) is 20.6. The van der Waals surface area contributed by atoms with Gasteiger partial charge in [0.25, 0.3) is 0 Å². The largest absolute Gasteiger partial charge is 0.477 e. The molecule has 0 bridgehead atoms. The van der Waals surface area contributed by atoms with E-state index in [1.54, 1.807) is 24.3 Å². The third-order valence-corrected chi connectivity index (χ3v) is 7.85. The Balaban J connectivity index is 1.13. The molecule has 186 valence electrons. The Kier molecular flexibility index (Phi) is 6.76. The van der Waals surface area contributed by atoms with Gasteiger partial charge in [0.1, 0.15) is 28.5 Å². The zero-order valence-electron chi connectivity index (χ0n) is 19.8. The van der Waals surface area contributed by atoms with Gasteiger partial charge in [0, 0.05) is 36.8 Å². The maximum atomic E-state index is 14.1. The monoisotopic (exact) mass is 507 g/mol. The number of likely N-dealkylation sites (N-methyl/N-ethyl adjacent to an activating group) is 1. The number of pyridine rings is 1. The van der Waals surface area contributed by atoms with E-state index in [0.29, 0.717) is 22.2 Å². The third-order valence-electron chi connectivity index (χ3n) is 6.81. The van der Waals surface area contributed by atoms with Crippen LogP contribution in [0.5, 0.6) is 5.88 Å². The van der Waals surface area contributed by atoms with Crippen molar-refractivity contribution in [1.82, 2.24) is 9.88 Å². The van der Waals surface area contributed by atoms with E-state index >= 15 is 0 Å². The molecule has 36 heavy (non-hydrogen) atoms. The molecule has 5 rings (SSSR count). The number of likely N-dealkylation sites (tertiary alicyclic amines) is 1. The summed E-state index contributed by atoms with van der Waals surface area (Å²) >= 11 is 1.28. The SMILES string of the molecule is CN1c2cc(C(=O)O)sc2NC1CN1CCC(c2cccc(OCc3ccc(C#N)cc3F)n2)CC1. The number of carboxylic acid groups (broad SMARTS) is 1. The highest BCUT2D eigenvalue weighted by Crippen LogP contribution is 2.41. The van der Waals surface area contributed by atoms with E-state index in [-0.39, 0.29) is 18.3 Å². The topological polar surface area (TPSA) is 102 Å². The number of rotatable bonds is 7. The summed E-state index contributed by atoms with van der Waals surface area (Å²) < 4.78 is 19.9. The van der Waals surface area contributed by atoms with Crippen LogP contribution in [-0.2, 0) is 6.61 Å². The first-order valence-electron chi connectivity index (χ1n) is 11.8. The van der Waals surface area contributed by atoms with Crippen LogP contribution in [0.2, 0.25) is 0 Å². The molecule has 2 N–H and O–H groups in total. The van der Waals surface area contributed by atoms with E-state index in [9.17, 15) is 14.3 Å². The molecule has 0 spiro atoms. The molecule has 8 nitrogen and oxygen atoms in total. The van der Waals surface area contributed by atoms with Crippen LogP contribution in [0.25, 0.3) is 0 Å². The Morgan fingerprint density at radius 1 is 1.31 bits per heavy atom. The van der Waals surface area contributed by atoms with Crippen molar-refractivity contribution in [2.45, 2.75) is 31.5 Å². The van der Waals surface area contributed by atoms with E-state index in [1.165, 1.54) is 17.4 Å². The van der Waals surface area contributed by atoms with E-state index < -0.39 is 11.8 Å². The summed E-state index contributed by atoms with van der Waals surface area (Å²) in [5.41, 5.74) is 2.58. The quantitative estimate of drug-likeness (QED) is 0.482. The molecule has 1 saturated heterocycles. The first-order chi connectivity index (χ1) is 17.4. The molecule has 1 unspecified atom stereocenters. The van der Waals surface area contributed by atoms with Crippen molar-refractivity contribution in [2.75, 3.05) is 36.9 Å². The molecule has 1 aromatic carbocycles. The number of piperidine rings is 1. The summed E-state index contributed by atoms with van der Waals surface area (Å²) in [6.45, 7) is 2.77. The van der Waals surface area contributed by atoms with Gasteiger partial charge in [0.2, 0.25) is 5.88 Å². The third kappa shape index (κ3) is 4.98. The minimum atomic E-state index is -0.896. The van der Waals surface area contributed by atoms with Crippen LogP contribution in [0.15, 0.2) is 42.5 Å². The lowest BCUT2D eigenvalue weighted by Crippen LogP contribution is -2.46. The fourth-order valence-corrected chi connectivity index (χ4v) is 5.70. The van der Waals surface area contributed by atoms with E-state index in [0.717, 1.165) is 48.9 Å². The van der Waals surface area contributed by atoms with Gasteiger partial charge in [-0.1, -0.05) is 12.1 Å². The van der Waals surface area contributed by atoms with Gasteiger partial charge in [-0.15, -0.1) is 11.3 Å². The molecule has 0 amide bonds. The smallest absolute Gasteiger partial charge is 0.346 e. The Bertz CT molecular complexity index is 1320. The summed E-state index contributed by atoms with van der Waals surface area (Å²) in [4.78, 5) is 20.8. The number of fused-ring (bicyclic) bond motifs is 1. The van der Waals surface area contributed by atoms with E-state index in [1.807, 2.05) is 25.2 Å². The predicted molar refractivity (Wildman–Crippen MR) is 135 cm³/mol. The molecular weight excluding hydrogens is 481 g/mol. The lowest BCUT2D eigenvalue weighted by atomic mass is 9.93.